The smallest absolute Gasteiger partial charge is 0.240 e. The first kappa shape index (κ1) is 19.2. The van der Waals surface area contributed by atoms with Gasteiger partial charge in [0, 0.05) is 35.2 Å². The highest BCUT2D eigenvalue weighted by Gasteiger charge is 2.27. The SMILES string of the molecule is CC(=O)N1CC(C)Sc2cc(S(=O)(=O)NCc3ccccc3Cl)ccc21. The second-order valence-electron chi connectivity index (χ2n) is 6.10. The van der Waals surface area contributed by atoms with Crippen molar-refractivity contribution in [3.63, 3.8) is 0 Å². The molecular formula is C18H19ClN2O3S2. The fraction of sp³-hybridized carbons (Fsp3) is 0.278. The molecule has 0 fully saturated rings. The second-order valence-corrected chi connectivity index (χ2v) is 9.76. The summed E-state index contributed by atoms with van der Waals surface area (Å²) in [5.74, 6) is -0.0501. The molecule has 1 aliphatic rings. The molecule has 0 aliphatic carbocycles. The third kappa shape index (κ3) is 4.06. The molecule has 2 aromatic rings. The van der Waals surface area contributed by atoms with Gasteiger partial charge < -0.3 is 4.90 Å². The molecule has 1 unspecified atom stereocenters. The predicted molar refractivity (Wildman–Crippen MR) is 105 cm³/mol. The number of sulfonamides is 1. The molecule has 26 heavy (non-hydrogen) atoms. The number of thioether (sulfide) groups is 1. The first-order valence-corrected chi connectivity index (χ1v) is 10.8. The topological polar surface area (TPSA) is 66.5 Å². The van der Waals surface area contributed by atoms with Gasteiger partial charge in [0.1, 0.15) is 0 Å². The number of anilines is 1. The minimum atomic E-state index is -3.69. The number of carbonyl (C=O) groups excluding carboxylic acids is 1. The maximum absolute atomic E-state index is 12.7. The lowest BCUT2D eigenvalue weighted by molar-refractivity contribution is -0.116. The van der Waals surface area contributed by atoms with Gasteiger partial charge in [0.15, 0.2) is 0 Å². The Labute approximate surface area is 162 Å². The van der Waals surface area contributed by atoms with Crippen molar-refractivity contribution in [3.05, 3.63) is 53.1 Å². The van der Waals surface area contributed by atoms with Crippen molar-refractivity contribution in [3.8, 4) is 0 Å². The Kier molecular flexibility index (Phi) is 5.62. The van der Waals surface area contributed by atoms with Crippen molar-refractivity contribution in [1.29, 1.82) is 0 Å². The van der Waals surface area contributed by atoms with E-state index < -0.39 is 10.0 Å². The number of hydrogen-bond acceptors (Lipinski definition) is 4. The van der Waals surface area contributed by atoms with Crippen LogP contribution in [-0.2, 0) is 21.4 Å². The lowest BCUT2D eigenvalue weighted by Crippen LogP contribution is -2.37. The van der Waals surface area contributed by atoms with Crippen LogP contribution in [0.15, 0.2) is 52.3 Å². The van der Waals surface area contributed by atoms with E-state index in [0.717, 1.165) is 10.6 Å². The largest absolute Gasteiger partial charge is 0.310 e. The Bertz CT molecular complexity index is 947. The van der Waals surface area contributed by atoms with Crippen LogP contribution in [0, 0.1) is 0 Å². The summed E-state index contributed by atoms with van der Waals surface area (Å²) in [6.45, 7) is 4.26. The number of rotatable bonds is 4. The normalized spacial score (nSPS) is 17.0. The quantitative estimate of drug-likeness (QED) is 0.835. The minimum Gasteiger partial charge on any atom is -0.310 e. The molecule has 1 aliphatic heterocycles. The van der Waals surface area contributed by atoms with E-state index in [1.54, 1.807) is 47.0 Å². The van der Waals surface area contributed by atoms with Gasteiger partial charge in [-0.3, -0.25) is 4.79 Å². The summed E-state index contributed by atoms with van der Waals surface area (Å²) in [4.78, 5) is 14.5. The Morgan fingerprint density at radius 2 is 2.04 bits per heavy atom. The number of fused-ring (bicyclic) bond motifs is 1. The van der Waals surface area contributed by atoms with Crippen LogP contribution < -0.4 is 9.62 Å². The first-order chi connectivity index (χ1) is 12.3. The number of hydrogen-bond donors (Lipinski definition) is 1. The number of nitrogens with zero attached hydrogens (tertiary/aromatic N) is 1. The summed E-state index contributed by atoms with van der Waals surface area (Å²) >= 11 is 7.65. The number of amides is 1. The highest BCUT2D eigenvalue weighted by atomic mass is 35.5. The van der Waals surface area contributed by atoms with Crippen LogP contribution >= 0.6 is 23.4 Å². The van der Waals surface area contributed by atoms with E-state index in [0.29, 0.717) is 17.1 Å². The van der Waals surface area contributed by atoms with Crippen molar-refractivity contribution in [2.24, 2.45) is 0 Å². The Morgan fingerprint density at radius 3 is 2.73 bits per heavy atom. The van der Waals surface area contributed by atoms with E-state index in [9.17, 15) is 13.2 Å². The van der Waals surface area contributed by atoms with Crippen LogP contribution in [-0.4, -0.2) is 26.1 Å². The van der Waals surface area contributed by atoms with Crippen LogP contribution in [0.25, 0.3) is 0 Å². The summed E-state index contributed by atoms with van der Waals surface area (Å²) in [6.07, 6.45) is 0. The molecule has 0 saturated carbocycles. The zero-order chi connectivity index (χ0) is 18.9. The van der Waals surface area contributed by atoms with Gasteiger partial charge in [0.2, 0.25) is 15.9 Å². The van der Waals surface area contributed by atoms with Crippen molar-refractivity contribution in [2.75, 3.05) is 11.4 Å². The highest BCUT2D eigenvalue weighted by Crippen LogP contribution is 2.39. The van der Waals surface area contributed by atoms with Gasteiger partial charge in [-0.2, -0.15) is 0 Å². The molecule has 2 aromatic carbocycles. The lowest BCUT2D eigenvalue weighted by Gasteiger charge is -2.32. The summed E-state index contributed by atoms with van der Waals surface area (Å²) in [6, 6.07) is 11.9. The van der Waals surface area contributed by atoms with Crippen LogP contribution in [0.5, 0.6) is 0 Å². The average molecular weight is 411 g/mol. The van der Waals surface area contributed by atoms with Gasteiger partial charge in [0.05, 0.1) is 10.6 Å². The molecule has 0 saturated heterocycles. The Balaban J connectivity index is 1.86. The van der Waals surface area contributed by atoms with E-state index in [4.69, 9.17) is 11.6 Å². The molecule has 3 rings (SSSR count). The monoisotopic (exact) mass is 410 g/mol. The summed E-state index contributed by atoms with van der Waals surface area (Å²) in [7, 11) is -3.69. The third-order valence-corrected chi connectivity index (χ3v) is 6.99. The lowest BCUT2D eigenvalue weighted by atomic mass is 10.2. The van der Waals surface area contributed by atoms with Crippen molar-refractivity contribution in [2.45, 2.75) is 35.4 Å². The number of nitrogens with one attached hydrogen (secondary N) is 1. The van der Waals surface area contributed by atoms with Crippen molar-refractivity contribution >= 4 is 45.0 Å². The van der Waals surface area contributed by atoms with Crippen molar-refractivity contribution in [1.82, 2.24) is 4.72 Å². The molecule has 1 amide bonds. The fourth-order valence-corrected chi connectivity index (χ4v) is 5.25. The van der Waals surface area contributed by atoms with E-state index in [1.165, 1.54) is 13.0 Å². The molecule has 5 nitrogen and oxygen atoms in total. The molecule has 0 aromatic heterocycles. The molecule has 1 heterocycles. The maximum Gasteiger partial charge on any atom is 0.240 e. The summed E-state index contributed by atoms with van der Waals surface area (Å²) in [5.41, 5.74) is 1.46. The highest BCUT2D eigenvalue weighted by molar-refractivity contribution is 8.00. The Hall–Kier alpha value is -1.54. The number of carbonyl (C=O) groups is 1. The molecule has 0 radical (unpaired) electrons. The molecule has 0 spiro atoms. The van der Waals surface area contributed by atoms with E-state index in [1.807, 2.05) is 13.0 Å². The van der Waals surface area contributed by atoms with Crippen LogP contribution in [0.1, 0.15) is 19.4 Å². The average Bonchev–Trinajstić information content (AvgIpc) is 2.59. The van der Waals surface area contributed by atoms with Gasteiger partial charge >= 0.3 is 0 Å². The van der Waals surface area contributed by atoms with Gasteiger partial charge in [-0.15, -0.1) is 11.8 Å². The zero-order valence-electron chi connectivity index (χ0n) is 14.4. The van der Waals surface area contributed by atoms with Crippen LogP contribution in [0.4, 0.5) is 5.69 Å². The number of benzene rings is 2. The standard InChI is InChI=1S/C18H19ClN2O3S2/c1-12-11-21(13(2)22)17-8-7-15(9-18(17)25-12)26(23,24)20-10-14-5-3-4-6-16(14)19/h3-9,12,20H,10-11H2,1-2H3. The van der Waals surface area contributed by atoms with Gasteiger partial charge in [0.25, 0.3) is 0 Å². The zero-order valence-corrected chi connectivity index (χ0v) is 16.8. The van der Waals surface area contributed by atoms with Gasteiger partial charge in [-0.1, -0.05) is 36.7 Å². The molecule has 8 heteroatoms. The first-order valence-electron chi connectivity index (χ1n) is 8.10. The van der Waals surface area contributed by atoms with E-state index >= 15 is 0 Å². The molecule has 0 bridgehead atoms. The molecule has 1 atom stereocenters. The Morgan fingerprint density at radius 1 is 1.31 bits per heavy atom. The molecular weight excluding hydrogens is 392 g/mol. The summed E-state index contributed by atoms with van der Waals surface area (Å²) < 4.78 is 27.9. The van der Waals surface area contributed by atoms with Gasteiger partial charge in [-0.25, -0.2) is 13.1 Å². The maximum atomic E-state index is 12.7. The minimum absolute atomic E-state index is 0.0501. The number of halogens is 1. The second kappa shape index (κ2) is 7.60. The van der Waals surface area contributed by atoms with Crippen LogP contribution in [0.3, 0.4) is 0 Å². The summed E-state index contributed by atoms with van der Waals surface area (Å²) in [5, 5.41) is 0.711. The van der Waals surface area contributed by atoms with Crippen molar-refractivity contribution < 1.29 is 13.2 Å². The van der Waals surface area contributed by atoms with Crippen LogP contribution in [0.2, 0.25) is 5.02 Å². The molecule has 138 valence electrons. The third-order valence-electron chi connectivity index (χ3n) is 4.09. The van der Waals surface area contributed by atoms with E-state index in [-0.39, 0.29) is 22.6 Å². The predicted octanol–water partition coefficient (Wildman–Crippen LogP) is 3.67. The fourth-order valence-electron chi connectivity index (χ4n) is 2.78. The molecule has 1 N–H and O–H groups in total. The van der Waals surface area contributed by atoms with E-state index in [2.05, 4.69) is 4.72 Å². The van der Waals surface area contributed by atoms with Gasteiger partial charge in [-0.05, 0) is 29.8 Å².